The third-order valence-corrected chi connectivity index (χ3v) is 6.02. The number of nitrogens with one attached hydrogen (secondary N) is 2. The molecule has 1 fully saturated rings. The molecule has 1 aliphatic heterocycles. The van der Waals surface area contributed by atoms with Crippen molar-refractivity contribution in [2.45, 2.75) is 13.0 Å². The van der Waals surface area contributed by atoms with Crippen molar-refractivity contribution in [1.82, 2.24) is 25.5 Å². The van der Waals surface area contributed by atoms with Gasteiger partial charge in [-0.05, 0) is 23.8 Å². The number of benzene rings is 2. The van der Waals surface area contributed by atoms with Gasteiger partial charge >= 0.3 is 0 Å². The summed E-state index contributed by atoms with van der Waals surface area (Å²) in [6, 6.07) is 17.8. The van der Waals surface area contributed by atoms with E-state index in [1.165, 1.54) is 11.9 Å². The minimum absolute atomic E-state index is 0.225. The van der Waals surface area contributed by atoms with Crippen molar-refractivity contribution in [2.24, 2.45) is 0 Å². The molecule has 8 nitrogen and oxygen atoms in total. The summed E-state index contributed by atoms with van der Waals surface area (Å²) in [6.07, 6.45) is 3.40. The Morgan fingerprint density at radius 2 is 1.67 bits per heavy atom. The Bertz CT molecular complexity index is 1080. The third-order valence-electron chi connectivity index (χ3n) is 5.65. The SMILES string of the molecule is O=C(CCN1CCN(c2ccccc2)CC1)NNC(=O)c1cnn(Cc2ccccc2Cl)c1. The fourth-order valence-electron chi connectivity index (χ4n) is 3.76. The zero-order valence-corrected chi connectivity index (χ0v) is 19.0. The number of carbonyl (C=O) groups is 2. The Morgan fingerprint density at radius 1 is 0.939 bits per heavy atom. The zero-order valence-electron chi connectivity index (χ0n) is 18.3. The second-order valence-electron chi connectivity index (χ2n) is 7.93. The Hall–Kier alpha value is -3.36. The molecule has 2 amide bonds. The molecule has 0 spiro atoms. The molecule has 2 heterocycles. The van der Waals surface area contributed by atoms with E-state index in [-0.39, 0.29) is 5.91 Å². The molecule has 2 N–H and O–H groups in total. The summed E-state index contributed by atoms with van der Waals surface area (Å²) in [5.41, 5.74) is 7.45. The van der Waals surface area contributed by atoms with Crippen LogP contribution in [0.25, 0.3) is 0 Å². The maximum Gasteiger partial charge on any atom is 0.272 e. The molecule has 4 rings (SSSR count). The van der Waals surface area contributed by atoms with Crippen molar-refractivity contribution in [3.8, 4) is 0 Å². The van der Waals surface area contributed by atoms with Gasteiger partial charge in [0.2, 0.25) is 5.91 Å². The Kier molecular flexibility index (Phi) is 7.59. The molecule has 0 bridgehead atoms. The van der Waals surface area contributed by atoms with Crippen molar-refractivity contribution in [3.63, 3.8) is 0 Å². The summed E-state index contributed by atoms with van der Waals surface area (Å²) >= 11 is 6.18. The van der Waals surface area contributed by atoms with Crippen LogP contribution in [0.5, 0.6) is 0 Å². The minimum Gasteiger partial charge on any atom is -0.369 e. The first kappa shape index (κ1) is 22.8. The van der Waals surface area contributed by atoms with Crippen molar-refractivity contribution in [3.05, 3.63) is 83.1 Å². The molecule has 3 aromatic rings. The van der Waals surface area contributed by atoms with Gasteiger partial charge in [0, 0.05) is 56.1 Å². The van der Waals surface area contributed by atoms with Crippen LogP contribution in [0.3, 0.4) is 0 Å². The van der Waals surface area contributed by atoms with E-state index in [1.807, 2.05) is 42.5 Å². The van der Waals surface area contributed by atoms with Crippen LogP contribution in [0, 0.1) is 0 Å². The van der Waals surface area contributed by atoms with Crippen LogP contribution in [0.1, 0.15) is 22.3 Å². The fourth-order valence-corrected chi connectivity index (χ4v) is 3.95. The molecule has 2 aromatic carbocycles. The van der Waals surface area contributed by atoms with E-state index >= 15 is 0 Å². The minimum atomic E-state index is -0.412. The Labute approximate surface area is 198 Å². The van der Waals surface area contributed by atoms with Gasteiger partial charge in [-0.2, -0.15) is 5.10 Å². The molecule has 172 valence electrons. The first-order valence-corrected chi connectivity index (χ1v) is 11.3. The quantitative estimate of drug-likeness (QED) is 0.523. The number of amides is 2. The molecule has 1 saturated heterocycles. The van der Waals surface area contributed by atoms with Gasteiger partial charge in [-0.3, -0.25) is 30.0 Å². The molecular formula is C24H27ClN6O2. The Balaban J connectivity index is 1.16. The van der Waals surface area contributed by atoms with Crippen molar-refractivity contribution < 1.29 is 9.59 Å². The van der Waals surface area contributed by atoms with Crippen LogP contribution in [-0.2, 0) is 11.3 Å². The molecule has 0 saturated carbocycles. The van der Waals surface area contributed by atoms with Crippen molar-refractivity contribution in [2.75, 3.05) is 37.6 Å². The number of aromatic nitrogens is 2. The number of para-hydroxylation sites is 1. The molecule has 9 heteroatoms. The summed E-state index contributed by atoms with van der Waals surface area (Å²) in [5, 5.41) is 4.85. The number of anilines is 1. The van der Waals surface area contributed by atoms with E-state index < -0.39 is 5.91 Å². The summed E-state index contributed by atoms with van der Waals surface area (Å²) < 4.78 is 1.63. The Morgan fingerprint density at radius 3 is 2.42 bits per heavy atom. The lowest BCUT2D eigenvalue weighted by Crippen LogP contribution is -2.48. The average Bonchev–Trinajstić information content (AvgIpc) is 3.32. The van der Waals surface area contributed by atoms with E-state index in [1.54, 1.807) is 10.9 Å². The number of hydrazine groups is 1. The molecule has 0 atom stereocenters. The molecule has 1 aromatic heterocycles. The number of hydrogen-bond donors (Lipinski definition) is 2. The van der Waals surface area contributed by atoms with Crippen LogP contribution in [-0.4, -0.2) is 59.2 Å². The van der Waals surface area contributed by atoms with Gasteiger partial charge in [0.1, 0.15) is 0 Å². The molecule has 0 aliphatic carbocycles. The van der Waals surface area contributed by atoms with Crippen LogP contribution in [0.4, 0.5) is 5.69 Å². The van der Waals surface area contributed by atoms with Crippen LogP contribution in [0.2, 0.25) is 5.02 Å². The average molecular weight is 467 g/mol. The number of piperazine rings is 1. The maximum absolute atomic E-state index is 12.3. The second kappa shape index (κ2) is 11.0. The number of carbonyl (C=O) groups excluding carboxylic acids is 2. The van der Waals surface area contributed by atoms with Gasteiger partial charge in [-0.25, -0.2) is 0 Å². The summed E-state index contributed by atoms with van der Waals surface area (Å²) in [5.74, 6) is -0.637. The van der Waals surface area contributed by atoms with E-state index in [2.05, 4.69) is 37.9 Å². The van der Waals surface area contributed by atoms with Crippen LogP contribution >= 0.6 is 11.6 Å². The van der Waals surface area contributed by atoms with E-state index in [0.717, 1.165) is 31.7 Å². The monoisotopic (exact) mass is 466 g/mol. The van der Waals surface area contributed by atoms with Crippen molar-refractivity contribution in [1.29, 1.82) is 0 Å². The molecular weight excluding hydrogens is 440 g/mol. The summed E-state index contributed by atoms with van der Waals surface area (Å²) in [7, 11) is 0. The van der Waals surface area contributed by atoms with Crippen LogP contribution < -0.4 is 15.8 Å². The first-order chi connectivity index (χ1) is 16.1. The highest BCUT2D eigenvalue weighted by Crippen LogP contribution is 2.17. The van der Waals surface area contributed by atoms with Gasteiger partial charge in [0.25, 0.3) is 5.91 Å². The lowest BCUT2D eigenvalue weighted by molar-refractivity contribution is -0.122. The fraction of sp³-hybridized carbons (Fsp3) is 0.292. The molecule has 0 radical (unpaired) electrons. The lowest BCUT2D eigenvalue weighted by Gasteiger charge is -2.36. The maximum atomic E-state index is 12.3. The number of hydrogen-bond acceptors (Lipinski definition) is 5. The predicted octanol–water partition coefficient (Wildman–Crippen LogP) is 2.56. The van der Waals surface area contributed by atoms with Crippen molar-refractivity contribution >= 4 is 29.1 Å². The lowest BCUT2D eigenvalue weighted by atomic mass is 10.2. The van der Waals surface area contributed by atoms with Gasteiger partial charge in [0.15, 0.2) is 0 Å². The highest BCUT2D eigenvalue weighted by Gasteiger charge is 2.18. The highest BCUT2D eigenvalue weighted by atomic mass is 35.5. The van der Waals surface area contributed by atoms with E-state index in [4.69, 9.17) is 11.6 Å². The largest absolute Gasteiger partial charge is 0.369 e. The molecule has 33 heavy (non-hydrogen) atoms. The topological polar surface area (TPSA) is 82.5 Å². The van der Waals surface area contributed by atoms with Gasteiger partial charge in [-0.1, -0.05) is 48.0 Å². The molecule has 0 unspecified atom stereocenters. The second-order valence-corrected chi connectivity index (χ2v) is 8.34. The summed E-state index contributed by atoms with van der Waals surface area (Å²) in [4.78, 5) is 29.1. The summed E-state index contributed by atoms with van der Waals surface area (Å²) in [6.45, 7) is 4.77. The predicted molar refractivity (Wildman–Crippen MR) is 128 cm³/mol. The van der Waals surface area contributed by atoms with Crippen LogP contribution in [0.15, 0.2) is 67.0 Å². The normalized spacial score (nSPS) is 14.2. The number of rotatable bonds is 7. The number of nitrogens with zero attached hydrogens (tertiary/aromatic N) is 4. The first-order valence-electron chi connectivity index (χ1n) is 11.0. The zero-order chi connectivity index (χ0) is 23.0. The smallest absolute Gasteiger partial charge is 0.272 e. The third kappa shape index (κ3) is 6.34. The number of halogens is 1. The van der Waals surface area contributed by atoms with E-state index in [9.17, 15) is 9.59 Å². The van der Waals surface area contributed by atoms with E-state index in [0.29, 0.717) is 30.1 Å². The highest BCUT2D eigenvalue weighted by molar-refractivity contribution is 6.31. The van der Waals surface area contributed by atoms with Gasteiger partial charge in [0.05, 0.1) is 18.3 Å². The molecule has 1 aliphatic rings. The van der Waals surface area contributed by atoms with Gasteiger partial charge in [-0.15, -0.1) is 0 Å². The van der Waals surface area contributed by atoms with Gasteiger partial charge < -0.3 is 4.90 Å². The standard InChI is InChI=1S/C24H27ClN6O2/c25-22-9-5-4-6-19(22)17-31-18-20(16-26-31)24(33)28-27-23(32)10-11-29-12-14-30(15-13-29)21-7-2-1-3-8-21/h1-9,16,18H,10-15,17H2,(H,27,32)(H,28,33).